The molecule has 0 amide bonds. The van der Waals surface area contributed by atoms with Crippen molar-refractivity contribution >= 4 is 37.3 Å². The molecule has 2 N–H and O–H groups in total. The standard InChI is InChI=1S/C9H14BrNO3S2/c1-3-7(12)5-11-16(13,14)8-4-6(2)9(10)15-8/h4,7,11-12H,3,5H2,1-2H3. The first kappa shape index (κ1) is 14.1. The second-order valence-electron chi connectivity index (χ2n) is 3.44. The van der Waals surface area contributed by atoms with E-state index in [0.717, 1.165) is 9.35 Å². The van der Waals surface area contributed by atoms with E-state index < -0.39 is 16.1 Å². The van der Waals surface area contributed by atoms with E-state index in [4.69, 9.17) is 0 Å². The lowest BCUT2D eigenvalue weighted by Gasteiger charge is -2.08. The number of aliphatic hydroxyl groups excluding tert-OH is 1. The van der Waals surface area contributed by atoms with Crippen LogP contribution in [0.15, 0.2) is 14.1 Å². The van der Waals surface area contributed by atoms with Crippen LogP contribution in [0.3, 0.4) is 0 Å². The number of aliphatic hydroxyl groups is 1. The Bertz CT molecular complexity index is 436. The molecule has 0 spiro atoms. The third-order valence-electron chi connectivity index (χ3n) is 2.08. The highest BCUT2D eigenvalue weighted by Crippen LogP contribution is 2.30. The maximum atomic E-state index is 11.8. The van der Waals surface area contributed by atoms with Crippen LogP contribution in [0.5, 0.6) is 0 Å². The van der Waals surface area contributed by atoms with E-state index in [-0.39, 0.29) is 10.8 Å². The summed E-state index contributed by atoms with van der Waals surface area (Å²) in [6.07, 6.45) is -0.116. The Morgan fingerprint density at radius 3 is 2.69 bits per heavy atom. The van der Waals surface area contributed by atoms with Crippen molar-refractivity contribution in [3.63, 3.8) is 0 Å². The van der Waals surface area contributed by atoms with Gasteiger partial charge in [-0.3, -0.25) is 0 Å². The summed E-state index contributed by atoms with van der Waals surface area (Å²) >= 11 is 4.44. The molecule has 7 heteroatoms. The van der Waals surface area contributed by atoms with E-state index in [9.17, 15) is 13.5 Å². The summed E-state index contributed by atoms with van der Waals surface area (Å²) < 4.78 is 27.0. The molecule has 4 nitrogen and oxygen atoms in total. The summed E-state index contributed by atoms with van der Waals surface area (Å²) in [5, 5.41) is 9.30. The van der Waals surface area contributed by atoms with Gasteiger partial charge in [0.1, 0.15) is 4.21 Å². The largest absolute Gasteiger partial charge is 0.392 e. The molecule has 0 aromatic carbocycles. The number of aryl methyl sites for hydroxylation is 1. The molecular weight excluding hydrogens is 314 g/mol. The SMILES string of the molecule is CCC(O)CNS(=O)(=O)c1cc(C)c(Br)s1. The van der Waals surface area contributed by atoms with Crippen molar-refractivity contribution in [3.05, 3.63) is 15.4 Å². The van der Waals surface area contributed by atoms with Crippen LogP contribution in [0.4, 0.5) is 0 Å². The maximum Gasteiger partial charge on any atom is 0.250 e. The fourth-order valence-corrected chi connectivity index (χ4v) is 4.33. The van der Waals surface area contributed by atoms with Gasteiger partial charge >= 0.3 is 0 Å². The van der Waals surface area contributed by atoms with Crippen molar-refractivity contribution in [2.75, 3.05) is 6.54 Å². The van der Waals surface area contributed by atoms with Crippen LogP contribution in [0.1, 0.15) is 18.9 Å². The minimum absolute atomic E-state index is 0.0490. The highest BCUT2D eigenvalue weighted by Gasteiger charge is 2.18. The van der Waals surface area contributed by atoms with Crippen molar-refractivity contribution in [1.29, 1.82) is 0 Å². The van der Waals surface area contributed by atoms with E-state index in [0.29, 0.717) is 6.42 Å². The summed E-state index contributed by atoms with van der Waals surface area (Å²) in [5.41, 5.74) is 0.890. The number of sulfonamides is 1. The van der Waals surface area contributed by atoms with Gasteiger partial charge in [0.25, 0.3) is 0 Å². The maximum absolute atomic E-state index is 11.8. The molecule has 0 fully saturated rings. The zero-order chi connectivity index (χ0) is 12.3. The Balaban J connectivity index is 2.78. The van der Waals surface area contributed by atoms with Crippen LogP contribution >= 0.6 is 27.3 Å². The fraction of sp³-hybridized carbons (Fsp3) is 0.556. The van der Waals surface area contributed by atoms with Crippen LogP contribution in [-0.4, -0.2) is 26.2 Å². The molecule has 1 aromatic rings. The van der Waals surface area contributed by atoms with Gasteiger partial charge in [-0.05, 0) is 40.9 Å². The van der Waals surface area contributed by atoms with Gasteiger partial charge in [0.05, 0.1) is 9.89 Å². The molecule has 0 aliphatic rings. The number of rotatable bonds is 5. The van der Waals surface area contributed by atoms with Gasteiger partial charge in [-0.2, -0.15) is 0 Å². The zero-order valence-corrected chi connectivity index (χ0v) is 12.2. The second-order valence-corrected chi connectivity index (χ2v) is 7.80. The smallest absolute Gasteiger partial charge is 0.250 e. The first-order chi connectivity index (χ1) is 7.36. The van der Waals surface area contributed by atoms with E-state index in [1.54, 1.807) is 13.0 Å². The van der Waals surface area contributed by atoms with Crippen LogP contribution < -0.4 is 4.72 Å². The van der Waals surface area contributed by atoms with Gasteiger partial charge in [0, 0.05) is 6.54 Å². The highest BCUT2D eigenvalue weighted by molar-refractivity contribution is 9.11. The predicted molar refractivity (Wildman–Crippen MR) is 68.2 cm³/mol. The number of halogens is 1. The zero-order valence-electron chi connectivity index (χ0n) is 9.03. The van der Waals surface area contributed by atoms with Crippen molar-refractivity contribution in [2.24, 2.45) is 0 Å². The van der Waals surface area contributed by atoms with Crippen LogP contribution in [0, 0.1) is 6.92 Å². The Hall–Kier alpha value is 0.0500. The van der Waals surface area contributed by atoms with Crippen LogP contribution in [0.25, 0.3) is 0 Å². The Labute approximate surface area is 108 Å². The van der Waals surface area contributed by atoms with Crippen molar-refractivity contribution in [2.45, 2.75) is 30.6 Å². The van der Waals surface area contributed by atoms with Gasteiger partial charge in [-0.15, -0.1) is 11.3 Å². The molecule has 92 valence electrons. The lowest BCUT2D eigenvalue weighted by atomic mass is 10.3. The highest BCUT2D eigenvalue weighted by atomic mass is 79.9. The summed E-state index contributed by atoms with van der Waals surface area (Å²) in [6, 6.07) is 1.61. The van der Waals surface area contributed by atoms with E-state index in [1.165, 1.54) is 11.3 Å². The lowest BCUT2D eigenvalue weighted by molar-refractivity contribution is 0.174. The predicted octanol–water partition coefficient (Wildman–Crippen LogP) is 1.87. The molecule has 1 atom stereocenters. The normalized spacial score (nSPS) is 14.0. The van der Waals surface area contributed by atoms with E-state index >= 15 is 0 Å². The summed E-state index contributed by atoms with van der Waals surface area (Å²) in [5.74, 6) is 0. The van der Waals surface area contributed by atoms with Crippen molar-refractivity contribution in [3.8, 4) is 0 Å². The molecule has 16 heavy (non-hydrogen) atoms. The first-order valence-corrected chi connectivity index (χ1v) is 7.89. The third-order valence-corrected chi connectivity index (χ3v) is 6.11. The van der Waals surface area contributed by atoms with Crippen molar-refractivity contribution in [1.82, 2.24) is 4.72 Å². The third kappa shape index (κ3) is 3.53. The Kier molecular flexibility index (Phi) is 4.93. The average Bonchev–Trinajstić information content (AvgIpc) is 2.56. The molecular formula is C9H14BrNO3S2. The minimum atomic E-state index is -3.49. The Morgan fingerprint density at radius 1 is 1.62 bits per heavy atom. The number of nitrogens with one attached hydrogen (secondary N) is 1. The lowest BCUT2D eigenvalue weighted by Crippen LogP contribution is -2.31. The van der Waals surface area contributed by atoms with Crippen molar-refractivity contribution < 1.29 is 13.5 Å². The summed E-state index contributed by atoms with van der Waals surface area (Å²) in [7, 11) is -3.49. The molecule has 0 radical (unpaired) electrons. The summed E-state index contributed by atoms with van der Waals surface area (Å²) in [6.45, 7) is 3.68. The average molecular weight is 328 g/mol. The van der Waals surface area contributed by atoms with Gasteiger partial charge in [0.15, 0.2) is 0 Å². The monoisotopic (exact) mass is 327 g/mol. The van der Waals surface area contributed by atoms with Gasteiger partial charge in [-0.25, -0.2) is 13.1 Å². The molecule has 0 saturated heterocycles. The Morgan fingerprint density at radius 2 is 2.25 bits per heavy atom. The molecule has 1 unspecified atom stereocenters. The molecule has 0 saturated carbocycles. The van der Waals surface area contributed by atoms with Gasteiger partial charge in [-0.1, -0.05) is 6.92 Å². The molecule has 0 bridgehead atoms. The number of hydrogen-bond donors (Lipinski definition) is 2. The molecule has 1 rings (SSSR count). The van der Waals surface area contributed by atoms with E-state index in [1.807, 2.05) is 6.92 Å². The topological polar surface area (TPSA) is 66.4 Å². The molecule has 0 aliphatic carbocycles. The number of hydrogen-bond acceptors (Lipinski definition) is 4. The second kappa shape index (κ2) is 5.59. The minimum Gasteiger partial charge on any atom is -0.392 e. The molecule has 1 aromatic heterocycles. The van der Waals surface area contributed by atoms with Crippen LogP contribution in [0.2, 0.25) is 0 Å². The molecule has 1 heterocycles. The van der Waals surface area contributed by atoms with Gasteiger partial charge < -0.3 is 5.11 Å². The fourth-order valence-electron chi connectivity index (χ4n) is 0.986. The van der Waals surface area contributed by atoms with Gasteiger partial charge in [0.2, 0.25) is 10.0 Å². The summed E-state index contributed by atoms with van der Waals surface area (Å²) in [4.78, 5) is 0. The van der Waals surface area contributed by atoms with Crippen LogP contribution in [-0.2, 0) is 10.0 Å². The molecule has 0 aliphatic heterocycles. The van der Waals surface area contributed by atoms with E-state index in [2.05, 4.69) is 20.7 Å². The quantitative estimate of drug-likeness (QED) is 0.867. The number of thiophene rings is 1. The first-order valence-electron chi connectivity index (χ1n) is 4.80.